The highest BCUT2D eigenvalue weighted by Gasteiger charge is 2.26. The number of hydrogen-bond donors (Lipinski definition) is 2. The van der Waals surface area contributed by atoms with E-state index in [1.807, 2.05) is 18.2 Å². The van der Waals surface area contributed by atoms with Gasteiger partial charge in [-0.2, -0.15) is 0 Å². The predicted octanol–water partition coefficient (Wildman–Crippen LogP) is 4.90. The van der Waals surface area contributed by atoms with Gasteiger partial charge < -0.3 is 10.1 Å². The Labute approximate surface area is 142 Å². The fourth-order valence-corrected chi connectivity index (χ4v) is 4.07. The van der Waals surface area contributed by atoms with Crippen molar-refractivity contribution in [2.75, 3.05) is 0 Å². The maximum Gasteiger partial charge on any atom is 0.336 e. The zero-order chi connectivity index (χ0) is 16.0. The molecule has 1 aliphatic rings. The van der Waals surface area contributed by atoms with Crippen molar-refractivity contribution >= 4 is 32.8 Å². The molecule has 0 spiro atoms. The first-order chi connectivity index (χ1) is 11.1. The summed E-state index contributed by atoms with van der Waals surface area (Å²) in [6.45, 7) is 0. The Morgan fingerprint density at radius 2 is 2.04 bits per heavy atom. The van der Waals surface area contributed by atoms with E-state index in [0.717, 1.165) is 29.3 Å². The minimum atomic E-state index is -0.856. The Balaban J connectivity index is 1.77. The second-order valence-electron chi connectivity index (χ2n) is 6.10. The molecule has 116 valence electrons. The summed E-state index contributed by atoms with van der Waals surface area (Å²) < 4.78 is 0.808. The topological polar surface area (TPSA) is 53.1 Å². The number of carboxylic acids is 1. The third kappa shape index (κ3) is 2.47. The number of H-pyrrole nitrogens is 1. The van der Waals surface area contributed by atoms with Crippen LogP contribution in [0.1, 0.15) is 39.5 Å². The lowest BCUT2D eigenvalue weighted by atomic mass is 9.80. The molecular formula is C19H16BrNO2. The van der Waals surface area contributed by atoms with Gasteiger partial charge in [0.1, 0.15) is 0 Å². The molecule has 0 saturated carbocycles. The summed E-state index contributed by atoms with van der Waals surface area (Å²) in [6, 6.07) is 14.0. The summed E-state index contributed by atoms with van der Waals surface area (Å²) in [5, 5.41) is 10.8. The molecule has 1 unspecified atom stereocenters. The van der Waals surface area contributed by atoms with E-state index in [9.17, 15) is 9.90 Å². The van der Waals surface area contributed by atoms with Gasteiger partial charge in [-0.3, -0.25) is 0 Å². The van der Waals surface area contributed by atoms with E-state index in [0.29, 0.717) is 5.56 Å². The van der Waals surface area contributed by atoms with Gasteiger partial charge in [-0.05, 0) is 54.5 Å². The summed E-state index contributed by atoms with van der Waals surface area (Å²) in [5.74, 6) is -0.605. The molecule has 23 heavy (non-hydrogen) atoms. The van der Waals surface area contributed by atoms with Gasteiger partial charge in [0, 0.05) is 21.1 Å². The third-order valence-electron chi connectivity index (χ3n) is 4.78. The number of aromatic nitrogens is 1. The van der Waals surface area contributed by atoms with Crippen LogP contribution in [-0.2, 0) is 12.8 Å². The standard InChI is InChI=1S/C19H16BrNO2/c20-12-6-7-13(16(10-12)19(22)23)11-5-8-18-15(9-11)14-3-1-2-4-17(14)21-18/h1-4,6-7,10-11,21H,5,8-9H2,(H,22,23). The highest BCUT2D eigenvalue weighted by atomic mass is 79.9. The summed E-state index contributed by atoms with van der Waals surface area (Å²) in [5.41, 5.74) is 5.17. The first kappa shape index (κ1) is 14.5. The number of halogens is 1. The zero-order valence-electron chi connectivity index (χ0n) is 12.5. The summed E-state index contributed by atoms with van der Waals surface area (Å²) in [4.78, 5) is 15.1. The van der Waals surface area contributed by atoms with Gasteiger partial charge >= 0.3 is 5.97 Å². The molecule has 2 aromatic carbocycles. The predicted molar refractivity (Wildman–Crippen MR) is 94.2 cm³/mol. The largest absolute Gasteiger partial charge is 0.478 e. The van der Waals surface area contributed by atoms with E-state index in [4.69, 9.17) is 0 Å². The van der Waals surface area contributed by atoms with E-state index in [2.05, 4.69) is 39.1 Å². The Morgan fingerprint density at radius 3 is 2.87 bits per heavy atom. The second kappa shape index (κ2) is 5.53. The van der Waals surface area contributed by atoms with E-state index >= 15 is 0 Å². The van der Waals surface area contributed by atoms with Crippen LogP contribution in [0.3, 0.4) is 0 Å². The monoisotopic (exact) mass is 369 g/mol. The van der Waals surface area contributed by atoms with Crippen LogP contribution in [0.15, 0.2) is 46.9 Å². The van der Waals surface area contributed by atoms with Gasteiger partial charge in [-0.25, -0.2) is 4.79 Å². The van der Waals surface area contributed by atoms with Crippen LogP contribution in [0.4, 0.5) is 0 Å². The number of para-hydroxylation sites is 1. The van der Waals surface area contributed by atoms with Crippen LogP contribution in [0.5, 0.6) is 0 Å². The van der Waals surface area contributed by atoms with Crippen molar-refractivity contribution in [1.82, 2.24) is 4.98 Å². The van der Waals surface area contributed by atoms with Crippen LogP contribution < -0.4 is 0 Å². The highest BCUT2D eigenvalue weighted by molar-refractivity contribution is 9.10. The molecule has 0 saturated heterocycles. The van der Waals surface area contributed by atoms with Crippen molar-refractivity contribution in [1.29, 1.82) is 0 Å². The number of carboxylic acid groups (broad SMARTS) is 1. The second-order valence-corrected chi connectivity index (χ2v) is 7.02. The average Bonchev–Trinajstić information content (AvgIpc) is 2.92. The molecular weight excluding hydrogens is 354 g/mol. The quantitative estimate of drug-likeness (QED) is 0.674. The minimum absolute atomic E-state index is 0.251. The summed E-state index contributed by atoms with van der Waals surface area (Å²) in [7, 11) is 0. The Hall–Kier alpha value is -2.07. The molecule has 0 bridgehead atoms. The first-order valence-corrected chi connectivity index (χ1v) is 8.54. The summed E-state index contributed by atoms with van der Waals surface area (Å²) >= 11 is 3.37. The Morgan fingerprint density at radius 1 is 1.22 bits per heavy atom. The highest BCUT2D eigenvalue weighted by Crippen LogP contribution is 2.38. The van der Waals surface area contributed by atoms with Gasteiger partial charge in [0.25, 0.3) is 0 Å². The van der Waals surface area contributed by atoms with Gasteiger partial charge in [-0.15, -0.1) is 0 Å². The number of hydrogen-bond acceptors (Lipinski definition) is 1. The number of aryl methyl sites for hydroxylation is 1. The average molecular weight is 370 g/mol. The van der Waals surface area contributed by atoms with E-state index in [1.54, 1.807) is 6.07 Å². The SMILES string of the molecule is O=C(O)c1cc(Br)ccc1C1CCc2[nH]c3ccccc3c2C1. The third-order valence-corrected chi connectivity index (χ3v) is 5.27. The number of benzene rings is 2. The molecule has 1 atom stereocenters. The maximum atomic E-state index is 11.6. The number of carbonyl (C=O) groups is 1. The molecule has 4 heteroatoms. The van der Waals surface area contributed by atoms with E-state index < -0.39 is 5.97 Å². The van der Waals surface area contributed by atoms with Crippen molar-refractivity contribution in [3.05, 3.63) is 69.3 Å². The van der Waals surface area contributed by atoms with Crippen molar-refractivity contribution in [3.63, 3.8) is 0 Å². The molecule has 3 nitrogen and oxygen atoms in total. The van der Waals surface area contributed by atoms with Gasteiger partial charge in [0.2, 0.25) is 0 Å². The molecule has 0 fully saturated rings. The van der Waals surface area contributed by atoms with E-state index in [-0.39, 0.29) is 5.92 Å². The molecule has 0 amide bonds. The molecule has 2 N–H and O–H groups in total. The fourth-order valence-electron chi connectivity index (χ4n) is 3.70. The minimum Gasteiger partial charge on any atom is -0.478 e. The first-order valence-electron chi connectivity index (χ1n) is 7.74. The van der Waals surface area contributed by atoms with Crippen LogP contribution in [0.25, 0.3) is 10.9 Å². The lowest BCUT2D eigenvalue weighted by molar-refractivity contribution is 0.0695. The van der Waals surface area contributed by atoms with E-state index in [1.165, 1.54) is 22.2 Å². The molecule has 0 radical (unpaired) electrons. The number of nitrogens with one attached hydrogen (secondary N) is 1. The smallest absolute Gasteiger partial charge is 0.336 e. The lowest BCUT2D eigenvalue weighted by Gasteiger charge is -2.24. The molecule has 3 aromatic rings. The van der Waals surface area contributed by atoms with Crippen LogP contribution in [-0.4, -0.2) is 16.1 Å². The lowest BCUT2D eigenvalue weighted by Crippen LogP contribution is -2.15. The summed E-state index contributed by atoms with van der Waals surface area (Å²) in [6.07, 6.45) is 2.83. The fraction of sp³-hybridized carbons (Fsp3) is 0.211. The van der Waals surface area contributed by atoms with Crippen molar-refractivity contribution in [3.8, 4) is 0 Å². The van der Waals surface area contributed by atoms with Crippen LogP contribution in [0.2, 0.25) is 0 Å². The normalized spacial score (nSPS) is 17.2. The number of aromatic carboxylic acids is 1. The van der Waals surface area contributed by atoms with Crippen molar-refractivity contribution in [2.24, 2.45) is 0 Å². The maximum absolute atomic E-state index is 11.6. The number of rotatable bonds is 2. The van der Waals surface area contributed by atoms with Gasteiger partial charge in [-0.1, -0.05) is 40.2 Å². The molecule has 1 aromatic heterocycles. The van der Waals surface area contributed by atoms with Gasteiger partial charge in [0.05, 0.1) is 5.56 Å². The Bertz CT molecular complexity index is 913. The van der Waals surface area contributed by atoms with Crippen LogP contribution >= 0.6 is 15.9 Å². The van der Waals surface area contributed by atoms with Crippen molar-refractivity contribution < 1.29 is 9.90 Å². The number of fused-ring (bicyclic) bond motifs is 3. The molecule has 0 aliphatic heterocycles. The zero-order valence-corrected chi connectivity index (χ0v) is 14.1. The van der Waals surface area contributed by atoms with Crippen molar-refractivity contribution in [2.45, 2.75) is 25.2 Å². The Kier molecular flexibility index (Phi) is 3.49. The van der Waals surface area contributed by atoms with Crippen LogP contribution in [0, 0.1) is 0 Å². The molecule has 1 aliphatic carbocycles. The molecule has 4 rings (SSSR count). The number of aromatic amines is 1. The van der Waals surface area contributed by atoms with Gasteiger partial charge in [0.15, 0.2) is 0 Å². The molecule has 1 heterocycles.